The Balaban J connectivity index is 2.49. The molecule has 0 bridgehead atoms. The molecular formula is C13H10ClNO. The molecule has 0 aliphatic heterocycles. The van der Waals surface area contributed by atoms with Crippen molar-refractivity contribution in [2.45, 2.75) is 6.92 Å². The van der Waals surface area contributed by atoms with Gasteiger partial charge < -0.3 is 0 Å². The fourth-order valence-corrected chi connectivity index (χ4v) is 1.74. The average Bonchev–Trinajstić information content (AvgIpc) is 2.29. The number of carbonyl (C=O) groups is 1. The summed E-state index contributed by atoms with van der Waals surface area (Å²) in [6, 6.07) is 7.39. The van der Waals surface area contributed by atoms with Gasteiger partial charge in [-0.2, -0.15) is 0 Å². The Kier molecular flexibility index (Phi) is 3.02. The van der Waals surface area contributed by atoms with Gasteiger partial charge in [0.2, 0.25) is 0 Å². The fraction of sp³-hybridized carbons (Fsp3) is 0.0769. The van der Waals surface area contributed by atoms with E-state index in [2.05, 4.69) is 4.98 Å². The Bertz CT molecular complexity index is 537. The van der Waals surface area contributed by atoms with Crippen LogP contribution in [0.15, 0.2) is 36.7 Å². The minimum Gasteiger partial charge on any atom is -0.298 e. The van der Waals surface area contributed by atoms with E-state index in [1.54, 1.807) is 24.5 Å². The first-order valence-electron chi connectivity index (χ1n) is 4.87. The van der Waals surface area contributed by atoms with Gasteiger partial charge >= 0.3 is 0 Å². The molecule has 0 saturated heterocycles. The maximum Gasteiger partial charge on any atom is 0.151 e. The smallest absolute Gasteiger partial charge is 0.151 e. The van der Waals surface area contributed by atoms with Gasteiger partial charge in [0.05, 0.1) is 5.02 Å². The highest BCUT2D eigenvalue weighted by molar-refractivity contribution is 6.33. The van der Waals surface area contributed by atoms with Gasteiger partial charge in [-0.3, -0.25) is 9.78 Å². The van der Waals surface area contributed by atoms with Gasteiger partial charge in [-0.05, 0) is 36.2 Å². The number of rotatable bonds is 2. The van der Waals surface area contributed by atoms with Crippen LogP contribution >= 0.6 is 11.6 Å². The van der Waals surface area contributed by atoms with Gasteiger partial charge in [-0.15, -0.1) is 0 Å². The number of benzene rings is 1. The molecule has 2 aromatic rings. The highest BCUT2D eigenvalue weighted by Gasteiger charge is 2.03. The number of hydrogen-bond donors (Lipinski definition) is 0. The third kappa shape index (κ3) is 2.12. The molecule has 1 aromatic heterocycles. The van der Waals surface area contributed by atoms with Crippen molar-refractivity contribution < 1.29 is 4.79 Å². The van der Waals surface area contributed by atoms with Crippen LogP contribution in [0.3, 0.4) is 0 Å². The summed E-state index contributed by atoms with van der Waals surface area (Å²) in [4.78, 5) is 14.8. The molecule has 0 spiro atoms. The van der Waals surface area contributed by atoms with Crippen LogP contribution in [-0.4, -0.2) is 11.3 Å². The van der Waals surface area contributed by atoms with Crippen molar-refractivity contribution in [1.82, 2.24) is 4.98 Å². The Labute approximate surface area is 98.9 Å². The van der Waals surface area contributed by atoms with Crippen LogP contribution in [0.2, 0.25) is 5.02 Å². The predicted molar refractivity (Wildman–Crippen MR) is 64.8 cm³/mol. The Morgan fingerprint density at radius 1 is 1.19 bits per heavy atom. The van der Waals surface area contributed by atoms with Crippen molar-refractivity contribution in [2.75, 3.05) is 0 Å². The zero-order valence-corrected chi connectivity index (χ0v) is 9.53. The zero-order chi connectivity index (χ0) is 11.5. The van der Waals surface area contributed by atoms with Crippen LogP contribution in [0.25, 0.3) is 11.1 Å². The first-order chi connectivity index (χ1) is 7.70. The van der Waals surface area contributed by atoms with E-state index >= 15 is 0 Å². The zero-order valence-electron chi connectivity index (χ0n) is 8.77. The van der Waals surface area contributed by atoms with Crippen molar-refractivity contribution in [2.24, 2.45) is 0 Å². The summed E-state index contributed by atoms with van der Waals surface area (Å²) in [6.45, 7) is 1.98. The normalized spacial score (nSPS) is 10.1. The summed E-state index contributed by atoms with van der Waals surface area (Å²) in [7, 11) is 0. The van der Waals surface area contributed by atoms with E-state index in [4.69, 9.17) is 11.6 Å². The molecule has 0 unspecified atom stereocenters. The second-order valence-electron chi connectivity index (χ2n) is 3.61. The van der Waals surface area contributed by atoms with Crippen molar-refractivity contribution >= 4 is 17.9 Å². The summed E-state index contributed by atoms with van der Waals surface area (Å²) in [5, 5.41) is 0.467. The predicted octanol–water partition coefficient (Wildman–Crippen LogP) is 3.52. The van der Waals surface area contributed by atoms with Crippen molar-refractivity contribution in [1.29, 1.82) is 0 Å². The maximum absolute atomic E-state index is 10.6. The van der Waals surface area contributed by atoms with Crippen LogP contribution in [0.4, 0.5) is 0 Å². The molecule has 2 nitrogen and oxygen atoms in total. The molecule has 0 amide bonds. The summed E-state index contributed by atoms with van der Waals surface area (Å²) in [5.74, 6) is 0. The number of aldehydes is 1. The SMILES string of the molecule is Cc1cncc(-c2ccc(C=O)c(Cl)c2)c1. The Morgan fingerprint density at radius 2 is 2.00 bits per heavy atom. The molecule has 0 N–H and O–H groups in total. The van der Waals surface area contributed by atoms with Crippen LogP contribution < -0.4 is 0 Å². The Hall–Kier alpha value is -1.67. The van der Waals surface area contributed by atoms with Gasteiger partial charge in [-0.25, -0.2) is 0 Å². The second kappa shape index (κ2) is 4.45. The lowest BCUT2D eigenvalue weighted by Crippen LogP contribution is -1.85. The van der Waals surface area contributed by atoms with Crippen LogP contribution in [0, 0.1) is 6.92 Å². The lowest BCUT2D eigenvalue weighted by Gasteiger charge is -2.04. The number of halogens is 1. The van der Waals surface area contributed by atoms with Crippen LogP contribution in [-0.2, 0) is 0 Å². The van der Waals surface area contributed by atoms with E-state index in [0.717, 1.165) is 23.0 Å². The first kappa shape index (κ1) is 10.8. The molecule has 0 atom stereocenters. The molecule has 0 aliphatic rings. The molecule has 0 aliphatic carbocycles. The molecule has 0 saturated carbocycles. The standard InChI is InChI=1S/C13H10ClNO/c1-9-4-12(7-15-6-9)10-2-3-11(8-16)13(14)5-10/h2-8H,1H3. The maximum atomic E-state index is 10.6. The fourth-order valence-electron chi connectivity index (χ4n) is 1.52. The van der Waals surface area contributed by atoms with Crippen molar-refractivity contribution in [3.8, 4) is 11.1 Å². The molecule has 80 valence electrons. The van der Waals surface area contributed by atoms with E-state index in [1.807, 2.05) is 19.1 Å². The van der Waals surface area contributed by atoms with Gasteiger partial charge in [0.15, 0.2) is 6.29 Å². The number of nitrogens with zero attached hydrogens (tertiary/aromatic N) is 1. The molecule has 3 heteroatoms. The summed E-state index contributed by atoms with van der Waals surface area (Å²) in [6.07, 6.45) is 4.32. The van der Waals surface area contributed by atoms with Gasteiger partial charge in [0.1, 0.15) is 0 Å². The van der Waals surface area contributed by atoms with E-state index in [9.17, 15) is 4.79 Å². The van der Waals surface area contributed by atoms with Crippen molar-refractivity contribution in [3.63, 3.8) is 0 Å². The highest BCUT2D eigenvalue weighted by Crippen LogP contribution is 2.24. The third-order valence-electron chi connectivity index (χ3n) is 2.34. The third-order valence-corrected chi connectivity index (χ3v) is 2.66. The monoisotopic (exact) mass is 231 g/mol. The molecule has 16 heavy (non-hydrogen) atoms. The summed E-state index contributed by atoms with van der Waals surface area (Å²) < 4.78 is 0. The summed E-state index contributed by atoms with van der Waals surface area (Å²) >= 11 is 5.97. The quantitative estimate of drug-likeness (QED) is 0.741. The number of aryl methyl sites for hydroxylation is 1. The lowest BCUT2D eigenvalue weighted by atomic mass is 10.0. The van der Waals surface area contributed by atoms with Gasteiger partial charge in [0.25, 0.3) is 0 Å². The molecule has 0 fully saturated rings. The molecule has 0 radical (unpaired) electrons. The second-order valence-corrected chi connectivity index (χ2v) is 4.01. The molecule has 2 rings (SSSR count). The average molecular weight is 232 g/mol. The summed E-state index contributed by atoms with van der Waals surface area (Å²) in [5.41, 5.74) is 3.56. The van der Waals surface area contributed by atoms with E-state index in [-0.39, 0.29) is 0 Å². The van der Waals surface area contributed by atoms with Crippen LogP contribution in [0.5, 0.6) is 0 Å². The molecular weight excluding hydrogens is 222 g/mol. The number of carbonyl (C=O) groups excluding carboxylic acids is 1. The number of pyridine rings is 1. The molecule has 1 heterocycles. The van der Waals surface area contributed by atoms with E-state index in [1.165, 1.54) is 0 Å². The van der Waals surface area contributed by atoms with Crippen LogP contribution in [0.1, 0.15) is 15.9 Å². The highest BCUT2D eigenvalue weighted by atomic mass is 35.5. The van der Waals surface area contributed by atoms with Crippen molar-refractivity contribution in [3.05, 3.63) is 52.8 Å². The van der Waals surface area contributed by atoms with E-state index in [0.29, 0.717) is 10.6 Å². The lowest BCUT2D eigenvalue weighted by molar-refractivity contribution is 0.112. The Morgan fingerprint density at radius 3 is 2.62 bits per heavy atom. The van der Waals surface area contributed by atoms with Gasteiger partial charge in [0, 0.05) is 23.5 Å². The van der Waals surface area contributed by atoms with E-state index < -0.39 is 0 Å². The number of hydrogen-bond acceptors (Lipinski definition) is 2. The topological polar surface area (TPSA) is 30.0 Å². The minimum absolute atomic E-state index is 0.467. The number of aromatic nitrogens is 1. The van der Waals surface area contributed by atoms with Gasteiger partial charge in [-0.1, -0.05) is 17.7 Å². The largest absolute Gasteiger partial charge is 0.298 e. The molecule has 1 aromatic carbocycles. The first-order valence-corrected chi connectivity index (χ1v) is 5.25. The minimum atomic E-state index is 0.467.